The molecule has 0 saturated carbocycles. The van der Waals surface area contributed by atoms with E-state index in [1.165, 1.54) is 6.07 Å². The fourth-order valence-corrected chi connectivity index (χ4v) is 1.03. The summed E-state index contributed by atoms with van der Waals surface area (Å²) in [5.41, 5.74) is 1.13. The van der Waals surface area contributed by atoms with Gasteiger partial charge in [0.25, 0.3) is 0 Å². The molecule has 3 nitrogen and oxygen atoms in total. The Morgan fingerprint density at radius 2 is 2.27 bits per heavy atom. The van der Waals surface area contributed by atoms with Crippen molar-refractivity contribution in [1.29, 1.82) is 0 Å². The lowest BCUT2D eigenvalue weighted by molar-refractivity contribution is 1.46. The minimum atomic E-state index is 0.342. The van der Waals surface area contributed by atoms with E-state index < -0.39 is 0 Å². The SMILES string of the molecule is CNc1ccc(N=O)cc1Cl. The zero-order valence-electron chi connectivity index (χ0n) is 5.97. The smallest absolute Gasteiger partial charge is 0.109 e. The second-order valence-electron chi connectivity index (χ2n) is 2.01. The molecule has 0 atom stereocenters. The van der Waals surface area contributed by atoms with E-state index in [0.717, 1.165) is 5.69 Å². The van der Waals surface area contributed by atoms with Crippen LogP contribution in [0, 0.1) is 4.91 Å². The van der Waals surface area contributed by atoms with Crippen molar-refractivity contribution in [2.24, 2.45) is 5.18 Å². The van der Waals surface area contributed by atoms with Gasteiger partial charge in [-0.15, -0.1) is 4.91 Å². The molecule has 0 radical (unpaired) electrons. The average Bonchev–Trinajstić information content (AvgIpc) is 2.04. The molecule has 0 aliphatic carbocycles. The maximum absolute atomic E-state index is 10.0. The Morgan fingerprint density at radius 1 is 1.55 bits per heavy atom. The van der Waals surface area contributed by atoms with Gasteiger partial charge < -0.3 is 5.32 Å². The number of hydrogen-bond donors (Lipinski definition) is 1. The van der Waals surface area contributed by atoms with Crippen LogP contribution in [0.4, 0.5) is 11.4 Å². The monoisotopic (exact) mass is 170 g/mol. The molecule has 0 fully saturated rings. The summed E-state index contributed by atoms with van der Waals surface area (Å²) in [6.45, 7) is 0. The van der Waals surface area contributed by atoms with Crippen LogP contribution in [0.5, 0.6) is 0 Å². The van der Waals surface area contributed by atoms with Gasteiger partial charge in [0.15, 0.2) is 0 Å². The highest BCUT2D eigenvalue weighted by molar-refractivity contribution is 6.33. The topological polar surface area (TPSA) is 41.5 Å². The first-order chi connectivity index (χ1) is 5.27. The predicted molar refractivity (Wildman–Crippen MR) is 46.5 cm³/mol. The van der Waals surface area contributed by atoms with Crippen LogP contribution in [0.3, 0.4) is 0 Å². The molecule has 11 heavy (non-hydrogen) atoms. The molecule has 0 spiro atoms. The third kappa shape index (κ3) is 1.68. The lowest BCUT2D eigenvalue weighted by Crippen LogP contribution is -1.87. The van der Waals surface area contributed by atoms with Gasteiger partial charge in [0.05, 0.1) is 10.7 Å². The van der Waals surface area contributed by atoms with Gasteiger partial charge in [0.2, 0.25) is 0 Å². The molecule has 0 aliphatic rings. The molecule has 0 saturated heterocycles. The second kappa shape index (κ2) is 3.34. The van der Waals surface area contributed by atoms with Gasteiger partial charge in [-0.1, -0.05) is 11.6 Å². The zero-order valence-corrected chi connectivity index (χ0v) is 6.72. The molecule has 1 aromatic carbocycles. The average molecular weight is 171 g/mol. The maximum Gasteiger partial charge on any atom is 0.109 e. The van der Waals surface area contributed by atoms with Crippen molar-refractivity contribution >= 4 is 23.0 Å². The van der Waals surface area contributed by atoms with E-state index >= 15 is 0 Å². The lowest BCUT2D eigenvalue weighted by atomic mass is 10.3. The molecule has 0 bridgehead atoms. The molecule has 1 rings (SSSR count). The van der Waals surface area contributed by atoms with Gasteiger partial charge >= 0.3 is 0 Å². The Morgan fingerprint density at radius 3 is 2.73 bits per heavy atom. The van der Waals surface area contributed by atoms with Crippen LogP contribution < -0.4 is 5.32 Å². The van der Waals surface area contributed by atoms with E-state index in [2.05, 4.69) is 10.5 Å². The Labute approximate surface area is 69.3 Å². The summed E-state index contributed by atoms with van der Waals surface area (Å²) < 4.78 is 0. The first-order valence-electron chi connectivity index (χ1n) is 3.08. The molecule has 58 valence electrons. The largest absolute Gasteiger partial charge is 0.387 e. The molecule has 0 unspecified atom stereocenters. The number of anilines is 1. The molecule has 1 aromatic rings. The van der Waals surface area contributed by atoms with Crippen LogP contribution in [0.15, 0.2) is 23.4 Å². The van der Waals surface area contributed by atoms with Gasteiger partial charge in [0, 0.05) is 7.05 Å². The molecule has 0 aliphatic heterocycles. The Kier molecular flexibility index (Phi) is 2.44. The molecule has 0 heterocycles. The minimum absolute atomic E-state index is 0.342. The van der Waals surface area contributed by atoms with Crippen LogP contribution in [0.2, 0.25) is 5.02 Å². The van der Waals surface area contributed by atoms with Crippen LogP contribution in [0.1, 0.15) is 0 Å². The van der Waals surface area contributed by atoms with Crippen molar-refractivity contribution in [3.05, 3.63) is 28.1 Å². The Balaban J connectivity index is 3.09. The van der Waals surface area contributed by atoms with E-state index in [0.29, 0.717) is 10.7 Å². The van der Waals surface area contributed by atoms with Crippen molar-refractivity contribution in [2.75, 3.05) is 12.4 Å². The van der Waals surface area contributed by atoms with Crippen LogP contribution in [-0.2, 0) is 0 Å². The lowest BCUT2D eigenvalue weighted by Gasteiger charge is -2.01. The summed E-state index contributed by atoms with van der Waals surface area (Å²) in [6.07, 6.45) is 0. The quantitative estimate of drug-likeness (QED) is 0.694. The second-order valence-corrected chi connectivity index (χ2v) is 2.41. The van der Waals surface area contributed by atoms with Crippen molar-refractivity contribution in [3.8, 4) is 0 Å². The van der Waals surface area contributed by atoms with E-state index in [1.54, 1.807) is 19.2 Å². The Hall–Kier alpha value is -1.09. The fraction of sp³-hybridized carbons (Fsp3) is 0.143. The normalized spacial score (nSPS) is 9.27. The van der Waals surface area contributed by atoms with Crippen LogP contribution in [-0.4, -0.2) is 7.05 Å². The number of halogens is 1. The van der Waals surface area contributed by atoms with Gasteiger partial charge in [-0.3, -0.25) is 0 Å². The summed E-state index contributed by atoms with van der Waals surface area (Å²) in [6, 6.07) is 4.82. The first-order valence-corrected chi connectivity index (χ1v) is 3.46. The number of nitrogens with zero attached hydrogens (tertiary/aromatic N) is 1. The summed E-state index contributed by atoms with van der Waals surface area (Å²) >= 11 is 5.75. The molecule has 4 heteroatoms. The van der Waals surface area contributed by atoms with Gasteiger partial charge in [-0.05, 0) is 23.4 Å². The predicted octanol–water partition coefficient (Wildman–Crippen LogP) is 2.78. The van der Waals surface area contributed by atoms with Gasteiger partial charge in [0.1, 0.15) is 5.69 Å². The highest BCUT2D eigenvalue weighted by atomic mass is 35.5. The zero-order chi connectivity index (χ0) is 8.27. The summed E-state index contributed by atoms with van der Waals surface area (Å²) in [4.78, 5) is 10.0. The summed E-state index contributed by atoms with van der Waals surface area (Å²) in [7, 11) is 1.76. The maximum atomic E-state index is 10.0. The minimum Gasteiger partial charge on any atom is -0.387 e. The number of rotatable bonds is 2. The van der Waals surface area contributed by atoms with Crippen LogP contribution in [0.25, 0.3) is 0 Å². The van der Waals surface area contributed by atoms with Gasteiger partial charge in [-0.2, -0.15) is 0 Å². The number of nitroso groups, excluding NO2 is 1. The van der Waals surface area contributed by atoms with E-state index in [4.69, 9.17) is 11.6 Å². The van der Waals surface area contributed by atoms with Crippen molar-refractivity contribution in [3.63, 3.8) is 0 Å². The summed E-state index contributed by atoms with van der Waals surface area (Å²) in [5, 5.41) is 6.12. The number of nitrogens with one attached hydrogen (secondary N) is 1. The number of benzene rings is 1. The molecule has 1 N–H and O–H groups in total. The van der Waals surface area contributed by atoms with E-state index in [1.807, 2.05) is 0 Å². The highest BCUT2D eigenvalue weighted by Crippen LogP contribution is 2.25. The number of hydrogen-bond acceptors (Lipinski definition) is 3. The molecule has 0 aromatic heterocycles. The summed E-state index contributed by atoms with van der Waals surface area (Å²) in [5.74, 6) is 0. The molecular weight excluding hydrogens is 164 g/mol. The Bertz CT molecular complexity index is 275. The van der Waals surface area contributed by atoms with Crippen molar-refractivity contribution in [1.82, 2.24) is 0 Å². The standard InChI is InChI=1S/C7H7ClN2O/c1-9-7-3-2-5(10-11)4-6(7)8/h2-4,9H,1H3. The van der Waals surface area contributed by atoms with Crippen molar-refractivity contribution in [2.45, 2.75) is 0 Å². The van der Waals surface area contributed by atoms with E-state index in [9.17, 15) is 4.91 Å². The third-order valence-electron chi connectivity index (χ3n) is 1.33. The third-order valence-corrected chi connectivity index (χ3v) is 1.64. The van der Waals surface area contributed by atoms with Crippen molar-refractivity contribution < 1.29 is 0 Å². The van der Waals surface area contributed by atoms with Gasteiger partial charge in [-0.25, -0.2) is 0 Å². The van der Waals surface area contributed by atoms with E-state index in [-0.39, 0.29) is 0 Å². The molecule has 0 amide bonds. The fourth-order valence-electron chi connectivity index (χ4n) is 0.764. The molecular formula is C7H7ClN2O. The van der Waals surface area contributed by atoms with Crippen LogP contribution >= 0.6 is 11.6 Å². The highest BCUT2D eigenvalue weighted by Gasteiger charge is 1.98. The first kappa shape index (κ1) is 8.01.